The first-order valence-corrected chi connectivity index (χ1v) is 8.49. The largest absolute Gasteiger partial charge is 0.367 e. The van der Waals surface area contributed by atoms with Crippen molar-refractivity contribution in [3.63, 3.8) is 0 Å². The van der Waals surface area contributed by atoms with Gasteiger partial charge in [0.25, 0.3) is 0 Å². The minimum Gasteiger partial charge on any atom is -0.367 e. The van der Waals surface area contributed by atoms with Crippen LogP contribution in [0.1, 0.15) is 23.5 Å². The Morgan fingerprint density at radius 3 is 2.77 bits per heavy atom. The number of likely N-dealkylation sites (N-methyl/N-ethyl adjacent to an activating group) is 1. The fourth-order valence-electron chi connectivity index (χ4n) is 4.87. The van der Waals surface area contributed by atoms with E-state index in [-0.39, 0.29) is 0 Å². The molecule has 0 N–H and O–H groups in total. The van der Waals surface area contributed by atoms with Gasteiger partial charge in [-0.1, -0.05) is 42.5 Å². The van der Waals surface area contributed by atoms with E-state index in [1.54, 1.807) is 5.56 Å². The van der Waals surface area contributed by atoms with Crippen LogP contribution in [0.3, 0.4) is 0 Å². The summed E-state index contributed by atoms with van der Waals surface area (Å²) in [6.07, 6.45) is 2.47. The van der Waals surface area contributed by atoms with Crippen molar-refractivity contribution in [2.45, 2.75) is 24.8 Å². The molecule has 0 aromatic heterocycles. The molecule has 0 spiro atoms. The fraction of sp³-hybridized carbons (Fsp3) is 0.400. The Bertz CT molecular complexity index is 736. The molecule has 2 aromatic carbocycles. The number of anilines is 1. The highest BCUT2D eigenvalue weighted by molar-refractivity contribution is 5.86. The van der Waals surface area contributed by atoms with Gasteiger partial charge in [-0.25, -0.2) is 0 Å². The highest BCUT2D eigenvalue weighted by atomic mass is 15.2. The number of hydrogen-bond acceptors (Lipinski definition) is 2. The number of likely N-dealkylation sites (tertiary alicyclic amines) is 1. The van der Waals surface area contributed by atoms with Crippen molar-refractivity contribution in [2.75, 3.05) is 31.6 Å². The van der Waals surface area contributed by atoms with Crippen molar-refractivity contribution in [3.05, 3.63) is 53.6 Å². The van der Waals surface area contributed by atoms with E-state index in [9.17, 15) is 0 Å². The summed E-state index contributed by atoms with van der Waals surface area (Å²) in [6, 6.07) is 16.7. The van der Waals surface area contributed by atoms with Crippen molar-refractivity contribution >= 4 is 5.69 Å². The summed E-state index contributed by atoms with van der Waals surface area (Å²) in [5, 5.41) is 0. The Morgan fingerprint density at radius 2 is 1.82 bits per heavy atom. The third kappa shape index (κ3) is 1.65. The minimum atomic E-state index is 0.693. The molecule has 2 nitrogen and oxygen atoms in total. The lowest BCUT2D eigenvalue weighted by Gasteiger charge is -2.37. The zero-order chi connectivity index (χ0) is 14.7. The molecule has 1 saturated heterocycles. The zero-order valence-electron chi connectivity index (χ0n) is 13.1. The van der Waals surface area contributed by atoms with Gasteiger partial charge in [0.05, 0.1) is 0 Å². The first kappa shape index (κ1) is 12.7. The zero-order valence-corrected chi connectivity index (χ0v) is 13.1. The lowest BCUT2D eigenvalue weighted by Crippen LogP contribution is -2.45. The number of benzene rings is 2. The fourth-order valence-corrected chi connectivity index (χ4v) is 4.87. The van der Waals surface area contributed by atoms with Crippen LogP contribution in [0.5, 0.6) is 0 Å². The van der Waals surface area contributed by atoms with Crippen molar-refractivity contribution in [3.8, 4) is 11.1 Å². The summed E-state index contributed by atoms with van der Waals surface area (Å²) >= 11 is 0. The molecule has 1 unspecified atom stereocenters. The maximum atomic E-state index is 2.74. The standard InChI is InChI=1S/C20H22N2/c1-21-11-10-19-18(13-21)17-8-4-7-16-15-6-3-2-5-14(15)9-12-22(19)20(16)17/h2-8,18-19H,9-13H2,1H3/t18-,19?/m1/s1. The molecule has 112 valence electrons. The molecule has 2 heteroatoms. The summed E-state index contributed by atoms with van der Waals surface area (Å²) in [5.41, 5.74) is 7.55. The Balaban J connectivity index is 1.74. The van der Waals surface area contributed by atoms with E-state index < -0.39 is 0 Å². The Morgan fingerprint density at radius 1 is 0.955 bits per heavy atom. The predicted molar refractivity (Wildman–Crippen MR) is 91.6 cm³/mol. The van der Waals surface area contributed by atoms with Crippen molar-refractivity contribution in [1.82, 2.24) is 4.90 Å². The molecular weight excluding hydrogens is 268 g/mol. The molecule has 1 fully saturated rings. The van der Waals surface area contributed by atoms with Gasteiger partial charge in [-0.3, -0.25) is 0 Å². The molecule has 0 radical (unpaired) electrons. The van der Waals surface area contributed by atoms with Crippen LogP contribution in [0.2, 0.25) is 0 Å². The van der Waals surface area contributed by atoms with Gasteiger partial charge in [-0.15, -0.1) is 0 Å². The molecule has 5 rings (SSSR count). The quantitative estimate of drug-likeness (QED) is 0.732. The van der Waals surface area contributed by atoms with Crippen molar-refractivity contribution in [1.29, 1.82) is 0 Å². The topological polar surface area (TPSA) is 6.48 Å². The number of piperidine rings is 1. The number of nitrogens with zero attached hydrogens (tertiary/aromatic N) is 2. The molecule has 0 aliphatic carbocycles. The first-order valence-electron chi connectivity index (χ1n) is 8.49. The summed E-state index contributed by atoms with van der Waals surface area (Å²) < 4.78 is 0. The highest BCUT2D eigenvalue weighted by Crippen LogP contribution is 2.50. The van der Waals surface area contributed by atoms with E-state index in [1.807, 2.05) is 0 Å². The molecule has 2 atom stereocenters. The molecule has 3 aliphatic heterocycles. The molecule has 2 aromatic rings. The smallest absolute Gasteiger partial charge is 0.0485 e. The summed E-state index contributed by atoms with van der Waals surface area (Å²) in [7, 11) is 2.27. The summed E-state index contributed by atoms with van der Waals surface area (Å²) in [6.45, 7) is 3.61. The van der Waals surface area contributed by atoms with Gasteiger partial charge in [0.2, 0.25) is 0 Å². The van der Waals surface area contributed by atoms with Crippen LogP contribution in [-0.2, 0) is 6.42 Å². The van der Waals surface area contributed by atoms with Gasteiger partial charge in [-0.05, 0) is 43.1 Å². The summed E-state index contributed by atoms with van der Waals surface area (Å²) in [4.78, 5) is 5.24. The van der Waals surface area contributed by atoms with E-state index in [0.717, 1.165) is 0 Å². The number of rotatable bonds is 0. The maximum Gasteiger partial charge on any atom is 0.0485 e. The second kappa shape index (κ2) is 4.60. The molecule has 0 saturated carbocycles. The van der Waals surface area contributed by atoms with Gasteiger partial charge < -0.3 is 9.80 Å². The number of fused-ring (bicyclic) bond motifs is 5. The SMILES string of the molecule is CN1CCC2[C@H](C1)c1cccc3c1N2CCc1ccccc1-3. The number of hydrogen-bond donors (Lipinski definition) is 0. The molecule has 22 heavy (non-hydrogen) atoms. The van der Waals surface area contributed by atoms with Crippen LogP contribution in [0.15, 0.2) is 42.5 Å². The highest BCUT2D eigenvalue weighted by Gasteiger charge is 2.42. The van der Waals surface area contributed by atoms with Crippen LogP contribution in [0.4, 0.5) is 5.69 Å². The third-order valence-corrected chi connectivity index (χ3v) is 5.86. The average Bonchev–Trinajstić information content (AvgIpc) is 2.75. The van der Waals surface area contributed by atoms with E-state index in [2.05, 4.69) is 59.3 Å². The minimum absolute atomic E-state index is 0.693. The monoisotopic (exact) mass is 290 g/mol. The van der Waals surface area contributed by atoms with E-state index in [0.29, 0.717) is 12.0 Å². The van der Waals surface area contributed by atoms with Gasteiger partial charge in [0, 0.05) is 36.3 Å². The molecular formula is C20H22N2. The second-order valence-electron chi connectivity index (χ2n) is 7.07. The Kier molecular flexibility index (Phi) is 2.66. The Hall–Kier alpha value is -1.80. The van der Waals surface area contributed by atoms with Gasteiger partial charge in [-0.2, -0.15) is 0 Å². The van der Waals surface area contributed by atoms with E-state index >= 15 is 0 Å². The van der Waals surface area contributed by atoms with Crippen LogP contribution >= 0.6 is 0 Å². The second-order valence-corrected chi connectivity index (χ2v) is 7.07. The van der Waals surface area contributed by atoms with Gasteiger partial charge >= 0.3 is 0 Å². The lowest BCUT2D eigenvalue weighted by atomic mass is 9.87. The maximum absolute atomic E-state index is 2.74. The number of para-hydroxylation sites is 1. The molecule has 0 amide bonds. The molecule has 3 aliphatic rings. The third-order valence-electron chi connectivity index (χ3n) is 5.86. The normalized spacial score (nSPS) is 26.1. The van der Waals surface area contributed by atoms with E-state index in [1.165, 1.54) is 54.9 Å². The Labute approximate surface area is 132 Å². The van der Waals surface area contributed by atoms with Gasteiger partial charge in [0.15, 0.2) is 0 Å². The first-order chi connectivity index (χ1) is 10.8. The summed E-state index contributed by atoms with van der Waals surface area (Å²) in [5.74, 6) is 0.693. The van der Waals surface area contributed by atoms with Gasteiger partial charge in [0.1, 0.15) is 0 Å². The molecule has 0 bridgehead atoms. The van der Waals surface area contributed by atoms with Crippen LogP contribution in [-0.4, -0.2) is 37.6 Å². The van der Waals surface area contributed by atoms with Crippen molar-refractivity contribution in [2.24, 2.45) is 0 Å². The average molecular weight is 290 g/mol. The van der Waals surface area contributed by atoms with Crippen LogP contribution in [0.25, 0.3) is 11.1 Å². The predicted octanol–water partition coefficient (Wildman–Crippen LogP) is 3.52. The van der Waals surface area contributed by atoms with Crippen LogP contribution < -0.4 is 4.90 Å². The van der Waals surface area contributed by atoms with Crippen LogP contribution in [0, 0.1) is 0 Å². The lowest BCUT2D eigenvalue weighted by molar-refractivity contribution is 0.231. The molecule has 3 heterocycles. The van der Waals surface area contributed by atoms with Crippen molar-refractivity contribution < 1.29 is 0 Å². The van der Waals surface area contributed by atoms with E-state index in [4.69, 9.17) is 0 Å².